The van der Waals surface area contributed by atoms with E-state index in [0.29, 0.717) is 6.54 Å². The molecule has 3 nitrogen and oxygen atoms in total. The van der Waals surface area contributed by atoms with Crippen LogP contribution in [0.5, 0.6) is 0 Å². The highest BCUT2D eigenvalue weighted by molar-refractivity contribution is 7.99. The van der Waals surface area contributed by atoms with E-state index < -0.39 is 0 Å². The maximum atomic E-state index is 12.0. The van der Waals surface area contributed by atoms with Crippen molar-refractivity contribution in [2.45, 2.75) is 12.6 Å². The molecule has 1 amide bonds. The molecule has 17 heavy (non-hydrogen) atoms. The average Bonchev–Trinajstić information content (AvgIpc) is 2.88. The van der Waals surface area contributed by atoms with Crippen LogP contribution in [0.4, 0.5) is 0 Å². The third-order valence-corrected chi connectivity index (χ3v) is 4.57. The lowest BCUT2D eigenvalue weighted by Gasteiger charge is -2.19. The number of hydrogen-bond donors (Lipinski definition) is 1. The van der Waals surface area contributed by atoms with Crippen LogP contribution in [0.2, 0.25) is 4.34 Å². The fourth-order valence-corrected chi connectivity index (χ4v) is 3.64. The van der Waals surface area contributed by atoms with E-state index in [-0.39, 0.29) is 24.4 Å². The van der Waals surface area contributed by atoms with E-state index in [1.807, 2.05) is 19.2 Å². The first-order valence-corrected chi connectivity index (χ1v) is 7.32. The molecule has 1 aromatic heterocycles. The van der Waals surface area contributed by atoms with Gasteiger partial charge in [-0.25, -0.2) is 0 Å². The van der Waals surface area contributed by atoms with Gasteiger partial charge >= 0.3 is 0 Å². The molecule has 1 aliphatic rings. The minimum atomic E-state index is -0.0227. The smallest absolute Gasteiger partial charge is 0.240 e. The number of thioether (sulfide) groups is 1. The second-order valence-electron chi connectivity index (χ2n) is 3.67. The van der Waals surface area contributed by atoms with E-state index in [0.717, 1.165) is 20.8 Å². The Labute approximate surface area is 120 Å². The van der Waals surface area contributed by atoms with Crippen molar-refractivity contribution in [2.24, 2.45) is 0 Å². The van der Waals surface area contributed by atoms with Crippen LogP contribution in [-0.4, -0.2) is 35.5 Å². The molecule has 96 valence electrons. The average molecular weight is 313 g/mol. The van der Waals surface area contributed by atoms with Crippen LogP contribution in [0, 0.1) is 0 Å². The van der Waals surface area contributed by atoms with Crippen molar-refractivity contribution in [3.05, 3.63) is 21.3 Å². The SMILES string of the molecule is CN(Cc1ccc(Cl)s1)C(=O)C1CSCN1.Cl. The minimum absolute atomic E-state index is 0. The Morgan fingerprint density at radius 3 is 2.94 bits per heavy atom. The number of amides is 1. The molecule has 1 atom stereocenters. The summed E-state index contributed by atoms with van der Waals surface area (Å²) >= 11 is 9.13. The zero-order valence-electron chi connectivity index (χ0n) is 9.31. The number of thiophene rings is 1. The summed E-state index contributed by atoms with van der Waals surface area (Å²) in [7, 11) is 1.83. The van der Waals surface area contributed by atoms with Gasteiger partial charge < -0.3 is 4.90 Å². The lowest BCUT2D eigenvalue weighted by molar-refractivity contribution is -0.131. The number of hydrogen-bond acceptors (Lipinski definition) is 4. The van der Waals surface area contributed by atoms with Crippen molar-refractivity contribution < 1.29 is 4.79 Å². The molecule has 0 aliphatic carbocycles. The molecule has 1 aliphatic heterocycles. The monoisotopic (exact) mass is 312 g/mol. The fraction of sp³-hybridized carbons (Fsp3) is 0.500. The van der Waals surface area contributed by atoms with Gasteiger partial charge in [0.05, 0.1) is 16.9 Å². The number of likely N-dealkylation sites (N-methyl/N-ethyl adjacent to an activating group) is 1. The Kier molecular flexibility index (Phi) is 6.09. The van der Waals surface area contributed by atoms with Crippen molar-refractivity contribution in [1.82, 2.24) is 10.2 Å². The molecule has 1 saturated heterocycles. The maximum Gasteiger partial charge on any atom is 0.240 e. The van der Waals surface area contributed by atoms with E-state index in [2.05, 4.69) is 5.32 Å². The second-order valence-corrected chi connectivity index (χ2v) is 6.50. The topological polar surface area (TPSA) is 32.3 Å². The van der Waals surface area contributed by atoms with Crippen LogP contribution in [0.1, 0.15) is 4.88 Å². The van der Waals surface area contributed by atoms with Gasteiger partial charge in [0.2, 0.25) is 5.91 Å². The highest BCUT2D eigenvalue weighted by atomic mass is 35.5. The molecule has 1 N–H and O–H groups in total. The fourth-order valence-electron chi connectivity index (χ4n) is 1.57. The lowest BCUT2D eigenvalue weighted by atomic mass is 10.3. The summed E-state index contributed by atoms with van der Waals surface area (Å²) in [6, 6.07) is 3.81. The van der Waals surface area contributed by atoms with Gasteiger partial charge in [-0.15, -0.1) is 35.5 Å². The Balaban J connectivity index is 0.00000144. The normalized spacial score (nSPS) is 18.8. The molecule has 0 saturated carbocycles. The molecular formula is C10H14Cl2N2OS2. The van der Waals surface area contributed by atoms with Gasteiger partial charge in [-0.1, -0.05) is 11.6 Å². The Morgan fingerprint density at radius 2 is 2.41 bits per heavy atom. The summed E-state index contributed by atoms with van der Waals surface area (Å²) < 4.78 is 0.769. The zero-order chi connectivity index (χ0) is 11.5. The van der Waals surface area contributed by atoms with E-state index in [4.69, 9.17) is 11.6 Å². The van der Waals surface area contributed by atoms with E-state index in [1.165, 1.54) is 11.3 Å². The van der Waals surface area contributed by atoms with Crippen LogP contribution in [0.3, 0.4) is 0 Å². The first-order valence-electron chi connectivity index (χ1n) is 4.97. The van der Waals surface area contributed by atoms with Crippen LogP contribution in [0.25, 0.3) is 0 Å². The van der Waals surface area contributed by atoms with Crippen molar-refractivity contribution >= 4 is 53.0 Å². The predicted octanol–water partition coefficient (Wildman–Crippen LogP) is 2.44. The Bertz CT molecular complexity index is 380. The molecule has 2 heterocycles. The summed E-state index contributed by atoms with van der Waals surface area (Å²) in [6.45, 7) is 0.638. The Morgan fingerprint density at radius 1 is 1.65 bits per heavy atom. The molecule has 0 bridgehead atoms. The van der Waals surface area contributed by atoms with Crippen LogP contribution in [0.15, 0.2) is 12.1 Å². The van der Waals surface area contributed by atoms with E-state index in [1.54, 1.807) is 16.7 Å². The third-order valence-electron chi connectivity index (χ3n) is 2.41. The highest BCUT2D eigenvalue weighted by Crippen LogP contribution is 2.22. The lowest BCUT2D eigenvalue weighted by Crippen LogP contribution is -2.42. The standard InChI is InChI=1S/C10H13ClN2OS2.ClH/c1-13(4-7-2-3-9(11)16-7)10(14)8-5-15-6-12-8;/h2-3,8,12H,4-6H2,1H3;1H. The van der Waals surface area contributed by atoms with Crippen molar-refractivity contribution in [3.8, 4) is 0 Å². The van der Waals surface area contributed by atoms with Gasteiger partial charge in [0.15, 0.2) is 0 Å². The maximum absolute atomic E-state index is 12.0. The molecular weight excluding hydrogens is 299 g/mol. The zero-order valence-corrected chi connectivity index (χ0v) is 12.5. The van der Waals surface area contributed by atoms with E-state index in [9.17, 15) is 4.79 Å². The molecule has 0 aromatic carbocycles. The number of halogens is 2. The number of rotatable bonds is 3. The Hall–Kier alpha value is 0.0600. The largest absolute Gasteiger partial charge is 0.339 e. The molecule has 0 radical (unpaired) electrons. The summed E-state index contributed by atoms with van der Waals surface area (Å²) in [5.74, 6) is 1.90. The summed E-state index contributed by atoms with van der Waals surface area (Å²) in [6.07, 6.45) is 0. The van der Waals surface area contributed by atoms with Gasteiger partial charge in [0.25, 0.3) is 0 Å². The summed E-state index contributed by atoms with van der Waals surface area (Å²) in [4.78, 5) is 14.9. The van der Waals surface area contributed by atoms with Crippen molar-refractivity contribution in [1.29, 1.82) is 0 Å². The van der Waals surface area contributed by atoms with Gasteiger partial charge in [-0.05, 0) is 12.1 Å². The van der Waals surface area contributed by atoms with Crippen molar-refractivity contribution in [3.63, 3.8) is 0 Å². The van der Waals surface area contributed by atoms with Crippen molar-refractivity contribution in [2.75, 3.05) is 18.7 Å². The molecule has 2 rings (SSSR count). The third kappa shape index (κ3) is 4.03. The number of nitrogens with zero attached hydrogens (tertiary/aromatic N) is 1. The molecule has 1 fully saturated rings. The number of carbonyl (C=O) groups excluding carboxylic acids is 1. The van der Waals surface area contributed by atoms with Gasteiger partial charge in [-0.2, -0.15) is 0 Å². The molecule has 1 unspecified atom stereocenters. The predicted molar refractivity (Wildman–Crippen MR) is 77.3 cm³/mol. The summed E-state index contributed by atoms with van der Waals surface area (Å²) in [5, 5.41) is 3.18. The van der Waals surface area contributed by atoms with Gasteiger partial charge in [0.1, 0.15) is 0 Å². The first-order chi connectivity index (χ1) is 7.66. The number of nitrogens with one attached hydrogen (secondary N) is 1. The minimum Gasteiger partial charge on any atom is -0.339 e. The van der Waals surface area contributed by atoms with Gasteiger partial charge in [-0.3, -0.25) is 10.1 Å². The van der Waals surface area contributed by atoms with Crippen LogP contribution < -0.4 is 5.32 Å². The quantitative estimate of drug-likeness (QED) is 0.930. The molecule has 0 spiro atoms. The van der Waals surface area contributed by atoms with Crippen LogP contribution in [-0.2, 0) is 11.3 Å². The second kappa shape index (κ2) is 6.85. The highest BCUT2D eigenvalue weighted by Gasteiger charge is 2.25. The molecule has 1 aromatic rings. The molecule has 7 heteroatoms. The van der Waals surface area contributed by atoms with E-state index >= 15 is 0 Å². The first kappa shape index (κ1) is 15.1. The number of carbonyl (C=O) groups is 1. The summed E-state index contributed by atoms with van der Waals surface area (Å²) in [5.41, 5.74) is 0. The van der Waals surface area contributed by atoms with Gasteiger partial charge in [0, 0.05) is 23.6 Å². The van der Waals surface area contributed by atoms with Crippen LogP contribution >= 0.6 is 47.1 Å².